The molecule has 2 atom stereocenters. The summed E-state index contributed by atoms with van der Waals surface area (Å²) in [5.74, 6) is 1.99. The van der Waals surface area contributed by atoms with Crippen LogP contribution in [0, 0.1) is 6.92 Å². The van der Waals surface area contributed by atoms with Gasteiger partial charge >= 0.3 is 0 Å². The molecule has 1 aromatic rings. The van der Waals surface area contributed by atoms with E-state index in [9.17, 15) is 0 Å². The third kappa shape index (κ3) is 2.78. The van der Waals surface area contributed by atoms with Gasteiger partial charge in [0.1, 0.15) is 11.5 Å². The Kier molecular flexibility index (Phi) is 4.46. The summed E-state index contributed by atoms with van der Waals surface area (Å²) in [6.07, 6.45) is 5.31. The summed E-state index contributed by atoms with van der Waals surface area (Å²) in [6, 6.07) is 5.10. The SMILES string of the molecule is CCN(C1CCCC1)C(c1ccc(C)o1)C(C)N. The summed E-state index contributed by atoms with van der Waals surface area (Å²) in [5, 5.41) is 0. The number of furan rings is 1. The Bertz CT molecular complexity index is 366. The number of hydrogen-bond acceptors (Lipinski definition) is 3. The maximum atomic E-state index is 6.22. The van der Waals surface area contributed by atoms with Crippen molar-refractivity contribution in [3.05, 3.63) is 23.7 Å². The molecule has 2 unspecified atom stereocenters. The fourth-order valence-corrected chi connectivity index (χ4v) is 3.25. The highest BCUT2D eigenvalue weighted by atomic mass is 16.3. The van der Waals surface area contributed by atoms with Crippen molar-refractivity contribution in [1.82, 2.24) is 4.90 Å². The van der Waals surface area contributed by atoms with Gasteiger partial charge in [0, 0.05) is 12.1 Å². The lowest BCUT2D eigenvalue weighted by molar-refractivity contribution is 0.110. The number of aryl methyl sites for hydroxylation is 1. The summed E-state index contributed by atoms with van der Waals surface area (Å²) in [5.41, 5.74) is 6.22. The molecule has 3 heteroatoms. The van der Waals surface area contributed by atoms with Crippen LogP contribution in [0.2, 0.25) is 0 Å². The quantitative estimate of drug-likeness (QED) is 0.872. The van der Waals surface area contributed by atoms with Crippen LogP contribution in [-0.4, -0.2) is 23.5 Å². The van der Waals surface area contributed by atoms with E-state index in [4.69, 9.17) is 10.2 Å². The minimum Gasteiger partial charge on any atom is -0.465 e. The van der Waals surface area contributed by atoms with E-state index in [1.54, 1.807) is 0 Å². The molecule has 1 aromatic heterocycles. The van der Waals surface area contributed by atoms with Gasteiger partial charge in [0.15, 0.2) is 0 Å². The highest BCUT2D eigenvalue weighted by Gasteiger charge is 2.32. The molecule has 3 nitrogen and oxygen atoms in total. The Morgan fingerprint density at radius 1 is 1.39 bits per heavy atom. The van der Waals surface area contributed by atoms with Crippen LogP contribution in [0.3, 0.4) is 0 Å². The standard InChI is InChI=1S/C15H26N2O/c1-4-17(13-7-5-6-8-13)15(12(3)16)14-10-9-11(2)18-14/h9-10,12-13,15H,4-8,16H2,1-3H3. The molecule has 102 valence electrons. The molecule has 1 fully saturated rings. The molecule has 0 amide bonds. The molecule has 18 heavy (non-hydrogen) atoms. The number of nitrogens with zero attached hydrogens (tertiary/aromatic N) is 1. The highest BCUT2D eigenvalue weighted by molar-refractivity contribution is 5.12. The van der Waals surface area contributed by atoms with Crippen molar-refractivity contribution in [1.29, 1.82) is 0 Å². The van der Waals surface area contributed by atoms with Crippen LogP contribution in [0.5, 0.6) is 0 Å². The van der Waals surface area contributed by atoms with Crippen molar-refractivity contribution >= 4 is 0 Å². The van der Waals surface area contributed by atoms with Crippen LogP contribution in [0.25, 0.3) is 0 Å². The van der Waals surface area contributed by atoms with E-state index < -0.39 is 0 Å². The first-order valence-electron chi connectivity index (χ1n) is 7.21. The van der Waals surface area contributed by atoms with Gasteiger partial charge in [-0.2, -0.15) is 0 Å². The van der Waals surface area contributed by atoms with Gasteiger partial charge in [-0.15, -0.1) is 0 Å². The van der Waals surface area contributed by atoms with E-state index in [2.05, 4.69) is 24.8 Å². The zero-order valence-corrected chi connectivity index (χ0v) is 11.9. The van der Waals surface area contributed by atoms with Gasteiger partial charge in [0.25, 0.3) is 0 Å². The lowest BCUT2D eigenvalue weighted by atomic mass is 10.0. The molecule has 1 aliphatic carbocycles. The summed E-state index contributed by atoms with van der Waals surface area (Å²) in [4.78, 5) is 2.54. The van der Waals surface area contributed by atoms with Crippen LogP contribution in [0.15, 0.2) is 16.5 Å². The molecule has 0 saturated heterocycles. The van der Waals surface area contributed by atoms with E-state index in [0.717, 1.165) is 18.1 Å². The average Bonchev–Trinajstić information content (AvgIpc) is 2.96. The zero-order valence-electron chi connectivity index (χ0n) is 11.9. The third-order valence-electron chi connectivity index (χ3n) is 4.07. The van der Waals surface area contributed by atoms with E-state index in [1.807, 2.05) is 13.0 Å². The lowest BCUT2D eigenvalue weighted by Crippen LogP contribution is -2.44. The van der Waals surface area contributed by atoms with Gasteiger partial charge in [-0.1, -0.05) is 19.8 Å². The summed E-state index contributed by atoms with van der Waals surface area (Å²) in [7, 11) is 0. The molecular weight excluding hydrogens is 224 g/mol. The predicted octanol–water partition coefficient (Wildman–Crippen LogP) is 3.24. The van der Waals surface area contributed by atoms with Crippen molar-refractivity contribution in [2.75, 3.05) is 6.54 Å². The molecule has 2 N–H and O–H groups in total. The molecule has 1 heterocycles. The van der Waals surface area contributed by atoms with Gasteiger partial charge in [-0.25, -0.2) is 0 Å². The summed E-state index contributed by atoms with van der Waals surface area (Å²) in [6.45, 7) is 7.34. The topological polar surface area (TPSA) is 42.4 Å². The summed E-state index contributed by atoms with van der Waals surface area (Å²) >= 11 is 0. The van der Waals surface area contributed by atoms with Gasteiger partial charge in [0.2, 0.25) is 0 Å². The van der Waals surface area contributed by atoms with Gasteiger partial charge in [0.05, 0.1) is 6.04 Å². The van der Waals surface area contributed by atoms with Crippen LogP contribution >= 0.6 is 0 Å². The largest absolute Gasteiger partial charge is 0.465 e. The molecular formula is C15H26N2O. The maximum Gasteiger partial charge on any atom is 0.122 e. The van der Waals surface area contributed by atoms with Crippen LogP contribution < -0.4 is 5.73 Å². The van der Waals surface area contributed by atoms with E-state index in [1.165, 1.54) is 25.7 Å². The molecule has 1 aliphatic rings. The fourth-order valence-electron chi connectivity index (χ4n) is 3.25. The zero-order chi connectivity index (χ0) is 13.1. The minimum absolute atomic E-state index is 0.0936. The van der Waals surface area contributed by atoms with Crippen LogP contribution in [-0.2, 0) is 0 Å². The maximum absolute atomic E-state index is 6.22. The first-order valence-corrected chi connectivity index (χ1v) is 7.21. The highest BCUT2D eigenvalue weighted by Crippen LogP contribution is 2.33. The van der Waals surface area contributed by atoms with Crippen molar-refractivity contribution in [2.45, 2.75) is 64.6 Å². The second kappa shape index (κ2) is 5.89. The normalized spacial score (nSPS) is 20.5. The molecule has 2 rings (SSSR count). The van der Waals surface area contributed by atoms with Crippen LogP contribution in [0.4, 0.5) is 0 Å². The fraction of sp³-hybridized carbons (Fsp3) is 0.733. The lowest BCUT2D eigenvalue weighted by Gasteiger charge is -2.36. The Morgan fingerprint density at radius 2 is 2.06 bits per heavy atom. The van der Waals surface area contributed by atoms with Gasteiger partial charge in [-0.3, -0.25) is 4.90 Å². The van der Waals surface area contributed by atoms with Crippen molar-refractivity contribution in [3.8, 4) is 0 Å². The first-order chi connectivity index (χ1) is 8.63. The van der Waals surface area contributed by atoms with Crippen molar-refractivity contribution in [2.24, 2.45) is 5.73 Å². The van der Waals surface area contributed by atoms with Gasteiger partial charge in [-0.05, 0) is 45.4 Å². The molecule has 0 aromatic carbocycles. The molecule has 1 saturated carbocycles. The second-order valence-corrected chi connectivity index (χ2v) is 5.52. The number of nitrogens with two attached hydrogens (primary N) is 1. The predicted molar refractivity (Wildman–Crippen MR) is 74.5 cm³/mol. The molecule has 0 aliphatic heterocycles. The Balaban J connectivity index is 2.22. The van der Waals surface area contributed by atoms with Crippen LogP contribution in [0.1, 0.15) is 57.1 Å². The Morgan fingerprint density at radius 3 is 2.50 bits per heavy atom. The first kappa shape index (κ1) is 13.6. The van der Waals surface area contributed by atoms with E-state index >= 15 is 0 Å². The molecule has 0 radical (unpaired) electrons. The smallest absolute Gasteiger partial charge is 0.122 e. The number of likely N-dealkylation sites (N-methyl/N-ethyl adjacent to an activating group) is 1. The Hall–Kier alpha value is -0.800. The molecule has 0 spiro atoms. The van der Waals surface area contributed by atoms with Gasteiger partial charge < -0.3 is 10.2 Å². The monoisotopic (exact) mass is 250 g/mol. The third-order valence-corrected chi connectivity index (χ3v) is 4.07. The number of rotatable bonds is 5. The van der Waals surface area contributed by atoms with Crippen molar-refractivity contribution < 1.29 is 4.42 Å². The second-order valence-electron chi connectivity index (χ2n) is 5.52. The molecule has 0 bridgehead atoms. The summed E-state index contributed by atoms with van der Waals surface area (Å²) < 4.78 is 5.83. The minimum atomic E-state index is 0.0936. The van der Waals surface area contributed by atoms with E-state index in [-0.39, 0.29) is 12.1 Å². The average molecular weight is 250 g/mol. The Labute approximate surface area is 110 Å². The van der Waals surface area contributed by atoms with Crippen molar-refractivity contribution in [3.63, 3.8) is 0 Å². The number of hydrogen-bond donors (Lipinski definition) is 1. The van der Waals surface area contributed by atoms with E-state index in [0.29, 0.717) is 6.04 Å².